The number of hydrogen-bond donors (Lipinski definition) is 2. The minimum absolute atomic E-state index is 0.251. The molecule has 0 heterocycles. The van der Waals surface area contributed by atoms with E-state index < -0.39 is 6.10 Å². The van der Waals surface area contributed by atoms with Crippen LogP contribution >= 0.6 is 0 Å². The van der Waals surface area contributed by atoms with E-state index in [0.29, 0.717) is 19.3 Å². The molecule has 2 N–H and O–H groups in total. The van der Waals surface area contributed by atoms with E-state index in [9.17, 15) is 5.11 Å². The van der Waals surface area contributed by atoms with Crippen molar-refractivity contribution in [3.05, 3.63) is 53.6 Å². The van der Waals surface area contributed by atoms with Crippen molar-refractivity contribution in [1.82, 2.24) is 5.32 Å². The minimum Gasteiger partial charge on any atom is -0.493 e. The third-order valence-corrected chi connectivity index (χ3v) is 5.82. The summed E-state index contributed by atoms with van der Waals surface area (Å²) in [4.78, 5) is 0. The van der Waals surface area contributed by atoms with Gasteiger partial charge in [-0.25, -0.2) is 0 Å². The zero-order chi connectivity index (χ0) is 22.6. The first-order valence-corrected chi connectivity index (χ1v) is 11.6. The van der Waals surface area contributed by atoms with Gasteiger partial charge < -0.3 is 29.4 Å². The summed E-state index contributed by atoms with van der Waals surface area (Å²) in [5, 5.41) is 13.5. The van der Waals surface area contributed by atoms with Crippen molar-refractivity contribution in [2.75, 3.05) is 33.9 Å². The summed E-state index contributed by atoms with van der Waals surface area (Å²) in [5.41, 5.74) is 2.30. The van der Waals surface area contributed by atoms with Gasteiger partial charge in [0.15, 0.2) is 11.5 Å². The Bertz CT molecular complexity index is 789. The Hall–Kier alpha value is -2.28. The van der Waals surface area contributed by atoms with E-state index in [2.05, 4.69) is 5.32 Å². The van der Waals surface area contributed by atoms with Crippen molar-refractivity contribution in [2.45, 2.75) is 57.3 Å². The van der Waals surface area contributed by atoms with Crippen LogP contribution in [0.25, 0.3) is 0 Å². The molecule has 1 fully saturated rings. The number of aliphatic hydroxyl groups is 1. The maximum Gasteiger partial charge on any atom is 0.160 e. The Labute approximate surface area is 191 Å². The fraction of sp³-hybridized carbons (Fsp3) is 0.538. The van der Waals surface area contributed by atoms with Gasteiger partial charge in [0.25, 0.3) is 0 Å². The summed E-state index contributed by atoms with van der Waals surface area (Å²) < 4.78 is 22.3. The molecule has 0 bridgehead atoms. The van der Waals surface area contributed by atoms with E-state index in [1.165, 1.54) is 32.1 Å². The molecule has 0 aromatic heterocycles. The molecule has 1 atom stereocenters. The minimum atomic E-state index is -0.574. The Kier molecular flexibility index (Phi) is 10.1. The standard InChI is InChI=1S/C26H37NO5/c1-29-25-13-10-20(16-26(25)30-2)14-15-27-17-22(28)19-32-24-11-8-21(9-12-24)18-31-23-6-4-3-5-7-23/h8-13,16,22-23,27-28H,3-7,14-15,17-19H2,1-2H3. The summed E-state index contributed by atoms with van der Waals surface area (Å²) >= 11 is 0. The van der Waals surface area contributed by atoms with E-state index >= 15 is 0 Å². The number of hydrogen-bond acceptors (Lipinski definition) is 6. The zero-order valence-electron chi connectivity index (χ0n) is 19.3. The molecule has 0 radical (unpaired) electrons. The molecule has 1 unspecified atom stereocenters. The van der Waals surface area contributed by atoms with E-state index in [0.717, 1.165) is 41.3 Å². The first-order valence-electron chi connectivity index (χ1n) is 11.6. The van der Waals surface area contributed by atoms with Crippen LogP contribution < -0.4 is 19.5 Å². The molecule has 6 heteroatoms. The van der Waals surface area contributed by atoms with Crippen molar-refractivity contribution in [1.29, 1.82) is 0 Å². The van der Waals surface area contributed by atoms with Crippen LogP contribution in [-0.4, -0.2) is 51.2 Å². The van der Waals surface area contributed by atoms with Gasteiger partial charge in [-0.3, -0.25) is 0 Å². The monoisotopic (exact) mass is 443 g/mol. The van der Waals surface area contributed by atoms with Crippen LogP contribution in [0.2, 0.25) is 0 Å². The smallest absolute Gasteiger partial charge is 0.160 e. The molecule has 2 aromatic rings. The fourth-order valence-electron chi connectivity index (χ4n) is 3.92. The lowest BCUT2D eigenvalue weighted by molar-refractivity contribution is 0.0168. The van der Waals surface area contributed by atoms with Crippen LogP contribution in [0.15, 0.2) is 42.5 Å². The first kappa shape index (κ1) is 24.4. The van der Waals surface area contributed by atoms with Gasteiger partial charge in [0, 0.05) is 6.54 Å². The molecule has 32 heavy (non-hydrogen) atoms. The van der Waals surface area contributed by atoms with Gasteiger partial charge in [-0.2, -0.15) is 0 Å². The summed E-state index contributed by atoms with van der Waals surface area (Å²) in [7, 11) is 3.26. The summed E-state index contributed by atoms with van der Waals surface area (Å²) in [6, 6.07) is 13.9. The van der Waals surface area contributed by atoms with Gasteiger partial charge in [-0.05, 0) is 61.2 Å². The molecular formula is C26H37NO5. The van der Waals surface area contributed by atoms with Gasteiger partial charge in [-0.15, -0.1) is 0 Å². The molecule has 0 saturated heterocycles. The van der Waals surface area contributed by atoms with Crippen LogP contribution in [0.1, 0.15) is 43.2 Å². The van der Waals surface area contributed by atoms with Crippen LogP contribution in [0.4, 0.5) is 0 Å². The lowest BCUT2D eigenvalue weighted by Crippen LogP contribution is -2.32. The summed E-state index contributed by atoms with van der Waals surface area (Å²) in [6.45, 7) is 2.13. The third-order valence-electron chi connectivity index (χ3n) is 5.82. The molecular weight excluding hydrogens is 406 g/mol. The second kappa shape index (κ2) is 13.3. The number of rotatable bonds is 13. The van der Waals surface area contributed by atoms with Crippen LogP contribution in [0.5, 0.6) is 17.2 Å². The molecule has 176 valence electrons. The second-order valence-corrected chi connectivity index (χ2v) is 8.32. The number of nitrogens with one attached hydrogen (secondary N) is 1. The normalized spacial score (nSPS) is 15.3. The van der Waals surface area contributed by atoms with Crippen LogP contribution in [0, 0.1) is 0 Å². The molecule has 0 amide bonds. The van der Waals surface area contributed by atoms with Gasteiger partial charge in [0.1, 0.15) is 18.5 Å². The maximum absolute atomic E-state index is 10.2. The average molecular weight is 444 g/mol. The predicted octanol–water partition coefficient (Wildman–Crippen LogP) is 4.13. The Morgan fingerprint density at radius 2 is 1.66 bits per heavy atom. The SMILES string of the molecule is COc1ccc(CCNCC(O)COc2ccc(COC3CCCCC3)cc2)cc1OC. The number of ether oxygens (including phenoxy) is 4. The second-order valence-electron chi connectivity index (χ2n) is 8.32. The highest BCUT2D eigenvalue weighted by atomic mass is 16.5. The highest BCUT2D eigenvalue weighted by Gasteiger charge is 2.13. The average Bonchev–Trinajstić information content (AvgIpc) is 2.85. The molecule has 2 aromatic carbocycles. The van der Waals surface area contributed by atoms with Gasteiger partial charge in [0.05, 0.1) is 26.9 Å². The lowest BCUT2D eigenvalue weighted by Gasteiger charge is -2.22. The largest absolute Gasteiger partial charge is 0.493 e. The lowest BCUT2D eigenvalue weighted by atomic mass is 9.98. The van der Waals surface area contributed by atoms with E-state index in [4.69, 9.17) is 18.9 Å². The van der Waals surface area contributed by atoms with Crippen molar-refractivity contribution >= 4 is 0 Å². The number of methoxy groups -OCH3 is 2. The van der Waals surface area contributed by atoms with E-state index in [1.807, 2.05) is 42.5 Å². The molecule has 6 nitrogen and oxygen atoms in total. The van der Waals surface area contributed by atoms with Gasteiger partial charge >= 0.3 is 0 Å². The fourth-order valence-corrected chi connectivity index (χ4v) is 3.92. The molecule has 1 aliphatic carbocycles. The molecule has 1 aliphatic rings. The van der Waals surface area contributed by atoms with Crippen molar-refractivity contribution in [3.8, 4) is 17.2 Å². The first-order chi connectivity index (χ1) is 15.7. The molecule has 1 saturated carbocycles. The van der Waals surface area contributed by atoms with Crippen molar-refractivity contribution < 1.29 is 24.1 Å². The molecule has 0 spiro atoms. The Morgan fingerprint density at radius 3 is 2.38 bits per heavy atom. The van der Waals surface area contributed by atoms with E-state index in [1.54, 1.807) is 14.2 Å². The van der Waals surface area contributed by atoms with Gasteiger partial charge in [-0.1, -0.05) is 37.5 Å². The van der Waals surface area contributed by atoms with E-state index in [-0.39, 0.29) is 6.61 Å². The molecule has 3 rings (SSSR count). The van der Waals surface area contributed by atoms with Crippen LogP contribution in [-0.2, 0) is 17.8 Å². The topological polar surface area (TPSA) is 69.2 Å². The quantitative estimate of drug-likeness (QED) is 0.454. The third kappa shape index (κ3) is 8.01. The Morgan fingerprint density at radius 1 is 0.938 bits per heavy atom. The highest BCUT2D eigenvalue weighted by Crippen LogP contribution is 2.27. The summed E-state index contributed by atoms with van der Waals surface area (Å²) in [5.74, 6) is 2.21. The predicted molar refractivity (Wildman–Crippen MR) is 126 cm³/mol. The highest BCUT2D eigenvalue weighted by molar-refractivity contribution is 5.42. The van der Waals surface area contributed by atoms with Gasteiger partial charge in [0.2, 0.25) is 0 Å². The maximum atomic E-state index is 10.2. The van der Waals surface area contributed by atoms with Crippen molar-refractivity contribution in [2.24, 2.45) is 0 Å². The Balaban J connectivity index is 1.30. The number of aliphatic hydroxyl groups excluding tert-OH is 1. The number of benzene rings is 2. The van der Waals surface area contributed by atoms with Crippen molar-refractivity contribution in [3.63, 3.8) is 0 Å². The van der Waals surface area contributed by atoms with Crippen LogP contribution in [0.3, 0.4) is 0 Å². The zero-order valence-corrected chi connectivity index (χ0v) is 19.3. The molecule has 0 aliphatic heterocycles. The summed E-state index contributed by atoms with van der Waals surface area (Å²) in [6.07, 6.45) is 6.94.